The summed E-state index contributed by atoms with van der Waals surface area (Å²) in [7, 11) is 1.69. The summed E-state index contributed by atoms with van der Waals surface area (Å²) in [5, 5.41) is 3.14. The van der Waals surface area contributed by atoms with Gasteiger partial charge in [-0.2, -0.15) is 4.39 Å². The van der Waals surface area contributed by atoms with E-state index in [1.807, 2.05) is 20.8 Å². The summed E-state index contributed by atoms with van der Waals surface area (Å²) in [5.74, 6) is 0.0857. The van der Waals surface area contributed by atoms with Gasteiger partial charge in [-0.05, 0) is 39.3 Å². The summed E-state index contributed by atoms with van der Waals surface area (Å²) in [6.45, 7) is 6.06. The van der Waals surface area contributed by atoms with E-state index in [1.165, 1.54) is 6.07 Å². The van der Waals surface area contributed by atoms with Gasteiger partial charge in [-0.15, -0.1) is 0 Å². The molecule has 0 spiro atoms. The standard InChI is InChI=1S/C12H19FN2O/c1-9(8-12(2,3)16-4)14-11-7-5-6-10(13)15-11/h5-7,9H,8H2,1-4H3,(H,14,15). The van der Waals surface area contributed by atoms with Crippen molar-refractivity contribution < 1.29 is 9.13 Å². The minimum absolute atomic E-state index is 0.171. The van der Waals surface area contributed by atoms with Crippen LogP contribution in [0, 0.1) is 5.95 Å². The highest BCUT2D eigenvalue weighted by Crippen LogP contribution is 2.17. The van der Waals surface area contributed by atoms with Crippen molar-refractivity contribution in [1.29, 1.82) is 0 Å². The zero-order valence-electron chi connectivity index (χ0n) is 10.2. The highest BCUT2D eigenvalue weighted by Gasteiger charge is 2.20. The summed E-state index contributed by atoms with van der Waals surface area (Å²) >= 11 is 0. The second-order valence-corrected chi connectivity index (χ2v) is 4.56. The fourth-order valence-electron chi connectivity index (χ4n) is 1.61. The van der Waals surface area contributed by atoms with Crippen molar-refractivity contribution in [2.24, 2.45) is 0 Å². The van der Waals surface area contributed by atoms with Crippen LogP contribution in [-0.2, 0) is 4.74 Å². The molecule has 1 N–H and O–H groups in total. The van der Waals surface area contributed by atoms with Gasteiger partial charge >= 0.3 is 0 Å². The van der Waals surface area contributed by atoms with Gasteiger partial charge in [0.15, 0.2) is 0 Å². The topological polar surface area (TPSA) is 34.1 Å². The van der Waals surface area contributed by atoms with Gasteiger partial charge in [-0.25, -0.2) is 4.98 Å². The molecule has 0 aliphatic carbocycles. The first-order chi connectivity index (χ1) is 7.43. The molecule has 0 fully saturated rings. The maximum Gasteiger partial charge on any atom is 0.214 e. The smallest absolute Gasteiger partial charge is 0.214 e. The number of pyridine rings is 1. The summed E-state index contributed by atoms with van der Waals surface area (Å²) in [6.07, 6.45) is 0.821. The van der Waals surface area contributed by atoms with Crippen molar-refractivity contribution in [2.75, 3.05) is 12.4 Å². The van der Waals surface area contributed by atoms with Crippen LogP contribution in [0.4, 0.5) is 10.2 Å². The van der Waals surface area contributed by atoms with Crippen LogP contribution in [0.15, 0.2) is 18.2 Å². The van der Waals surface area contributed by atoms with E-state index in [2.05, 4.69) is 10.3 Å². The summed E-state index contributed by atoms with van der Waals surface area (Å²) in [6, 6.07) is 4.89. The molecule has 1 rings (SSSR count). The van der Waals surface area contributed by atoms with Crippen molar-refractivity contribution >= 4 is 5.82 Å². The summed E-state index contributed by atoms with van der Waals surface area (Å²) < 4.78 is 18.2. The maximum atomic E-state index is 12.8. The van der Waals surface area contributed by atoms with Crippen LogP contribution in [-0.4, -0.2) is 23.7 Å². The molecule has 0 saturated heterocycles. The second kappa shape index (κ2) is 5.25. The van der Waals surface area contributed by atoms with Gasteiger partial charge in [0.05, 0.1) is 5.60 Å². The molecular formula is C12H19FN2O. The number of ether oxygens (including phenoxy) is 1. The highest BCUT2D eigenvalue weighted by molar-refractivity contribution is 5.34. The third kappa shape index (κ3) is 4.14. The van der Waals surface area contributed by atoms with Crippen LogP contribution in [0.2, 0.25) is 0 Å². The molecule has 0 aliphatic heterocycles. The van der Waals surface area contributed by atoms with Crippen LogP contribution in [0.25, 0.3) is 0 Å². The predicted molar refractivity (Wildman–Crippen MR) is 63.0 cm³/mol. The third-order valence-corrected chi connectivity index (χ3v) is 2.46. The number of halogens is 1. The Balaban J connectivity index is 2.55. The minimum atomic E-state index is -0.469. The number of nitrogens with one attached hydrogen (secondary N) is 1. The van der Waals surface area contributed by atoms with E-state index >= 15 is 0 Å². The van der Waals surface area contributed by atoms with Gasteiger partial charge in [-0.3, -0.25) is 0 Å². The molecule has 0 amide bonds. The Bertz CT molecular complexity index is 342. The molecule has 1 atom stereocenters. The van der Waals surface area contributed by atoms with Crippen molar-refractivity contribution in [2.45, 2.75) is 38.8 Å². The van der Waals surface area contributed by atoms with Crippen molar-refractivity contribution in [1.82, 2.24) is 4.98 Å². The third-order valence-electron chi connectivity index (χ3n) is 2.46. The number of aromatic nitrogens is 1. The molecule has 90 valence electrons. The average Bonchev–Trinajstić information content (AvgIpc) is 2.16. The van der Waals surface area contributed by atoms with Crippen LogP contribution in [0.1, 0.15) is 27.2 Å². The number of hydrogen-bond donors (Lipinski definition) is 1. The largest absolute Gasteiger partial charge is 0.379 e. The molecule has 3 nitrogen and oxygen atoms in total. The lowest BCUT2D eigenvalue weighted by atomic mass is 10.00. The quantitative estimate of drug-likeness (QED) is 0.784. The monoisotopic (exact) mass is 226 g/mol. The lowest BCUT2D eigenvalue weighted by Crippen LogP contribution is -2.31. The molecule has 1 aromatic heterocycles. The van der Waals surface area contributed by atoms with Crippen LogP contribution in [0.5, 0.6) is 0 Å². The molecule has 1 unspecified atom stereocenters. The molecule has 4 heteroatoms. The van der Waals surface area contributed by atoms with E-state index in [9.17, 15) is 4.39 Å². The van der Waals surface area contributed by atoms with E-state index in [4.69, 9.17) is 4.74 Å². The first-order valence-corrected chi connectivity index (χ1v) is 5.37. The Kier molecular flexibility index (Phi) is 4.24. The van der Waals surface area contributed by atoms with Crippen LogP contribution >= 0.6 is 0 Å². The average molecular weight is 226 g/mol. The predicted octanol–water partition coefficient (Wildman–Crippen LogP) is 2.84. The Hall–Kier alpha value is -1.16. The molecule has 1 heterocycles. The number of anilines is 1. The molecule has 1 aromatic rings. The molecular weight excluding hydrogens is 207 g/mol. The van der Waals surface area contributed by atoms with Gasteiger partial charge in [0, 0.05) is 13.2 Å². The minimum Gasteiger partial charge on any atom is -0.379 e. The Morgan fingerprint density at radius 2 is 2.19 bits per heavy atom. The number of rotatable bonds is 5. The van der Waals surface area contributed by atoms with Crippen molar-refractivity contribution in [3.05, 3.63) is 24.1 Å². The molecule has 0 radical (unpaired) electrons. The zero-order chi connectivity index (χ0) is 12.2. The summed E-state index contributed by atoms with van der Waals surface area (Å²) in [5.41, 5.74) is -0.195. The van der Waals surface area contributed by atoms with Crippen molar-refractivity contribution in [3.8, 4) is 0 Å². The Morgan fingerprint density at radius 3 is 2.75 bits per heavy atom. The fourth-order valence-corrected chi connectivity index (χ4v) is 1.61. The second-order valence-electron chi connectivity index (χ2n) is 4.56. The lowest BCUT2D eigenvalue weighted by molar-refractivity contribution is 0.0128. The first-order valence-electron chi connectivity index (χ1n) is 5.37. The zero-order valence-corrected chi connectivity index (χ0v) is 10.2. The van der Waals surface area contributed by atoms with Crippen LogP contribution < -0.4 is 5.32 Å². The molecule has 0 saturated carbocycles. The van der Waals surface area contributed by atoms with E-state index in [1.54, 1.807) is 19.2 Å². The van der Waals surface area contributed by atoms with Gasteiger partial charge < -0.3 is 10.1 Å². The Labute approximate surface area is 96.0 Å². The van der Waals surface area contributed by atoms with Crippen molar-refractivity contribution in [3.63, 3.8) is 0 Å². The highest BCUT2D eigenvalue weighted by atomic mass is 19.1. The normalized spacial score (nSPS) is 13.6. The number of hydrogen-bond acceptors (Lipinski definition) is 3. The Morgan fingerprint density at radius 1 is 1.50 bits per heavy atom. The lowest BCUT2D eigenvalue weighted by Gasteiger charge is -2.27. The molecule has 16 heavy (non-hydrogen) atoms. The number of methoxy groups -OCH3 is 1. The maximum absolute atomic E-state index is 12.8. The van der Waals surface area contributed by atoms with Gasteiger partial charge in [0.25, 0.3) is 0 Å². The number of nitrogens with zero attached hydrogens (tertiary/aromatic N) is 1. The molecule has 0 bridgehead atoms. The van der Waals surface area contributed by atoms with E-state index < -0.39 is 5.95 Å². The fraction of sp³-hybridized carbons (Fsp3) is 0.583. The van der Waals surface area contributed by atoms with Gasteiger partial charge in [0.1, 0.15) is 5.82 Å². The van der Waals surface area contributed by atoms with E-state index in [0.717, 1.165) is 6.42 Å². The van der Waals surface area contributed by atoms with E-state index in [-0.39, 0.29) is 11.6 Å². The van der Waals surface area contributed by atoms with Gasteiger partial charge in [-0.1, -0.05) is 6.07 Å². The summed E-state index contributed by atoms with van der Waals surface area (Å²) in [4.78, 5) is 3.75. The first kappa shape index (κ1) is 12.9. The molecule has 0 aromatic carbocycles. The molecule has 0 aliphatic rings. The SMILES string of the molecule is COC(C)(C)CC(C)Nc1cccc(F)n1. The van der Waals surface area contributed by atoms with Crippen LogP contribution in [0.3, 0.4) is 0 Å². The van der Waals surface area contributed by atoms with E-state index in [0.29, 0.717) is 5.82 Å². The van der Waals surface area contributed by atoms with Gasteiger partial charge in [0.2, 0.25) is 5.95 Å².